The van der Waals surface area contributed by atoms with Crippen molar-refractivity contribution in [1.82, 2.24) is 30.6 Å². The van der Waals surface area contributed by atoms with Crippen LogP contribution in [0.2, 0.25) is 0 Å². The molecule has 1 aromatic heterocycles. The minimum absolute atomic E-state index is 0.259. The zero-order valence-electron chi connectivity index (χ0n) is 16.4. The molecule has 0 aliphatic rings. The fourth-order valence-electron chi connectivity index (χ4n) is 3.01. The van der Waals surface area contributed by atoms with Crippen LogP contribution in [-0.2, 0) is 24.2 Å². The van der Waals surface area contributed by atoms with Crippen LogP contribution >= 0.6 is 0 Å². The summed E-state index contributed by atoms with van der Waals surface area (Å²) in [6.07, 6.45) is 2.80. The fraction of sp³-hybridized carbons (Fsp3) is 0.579. The van der Waals surface area contributed by atoms with Gasteiger partial charge >= 0.3 is 0 Å². The van der Waals surface area contributed by atoms with Crippen molar-refractivity contribution < 1.29 is 10.0 Å². The molecule has 148 valence electrons. The summed E-state index contributed by atoms with van der Waals surface area (Å²) >= 11 is 0. The minimum atomic E-state index is -0.364. The first kappa shape index (κ1) is 21.0. The molecule has 2 rings (SSSR count). The normalized spacial score (nSPS) is 11.3. The van der Waals surface area contributed by atoms with Gasteiger partial charge in [-0.25, -0.2) is 10.2 Å². The quantitative estimate of drug-likeness (QED) is 0.462. The Morgan fingerprint density at radius 2 is 1.89 bits per heavy atom. The van der Waals surface area contributed by atoms with Crippen LogP contribution in [0.1, 0.15) is 56.6 Å². The van der Waals surface area contributed by atoms with E-state index in [9.17, 15) is 4.79 Å². The maximum atomic E-state index is 11.1. The largest absolute Gasteiger partial charge is 0.299 e. The maximum Gasteiger partial charge on any atom is 0.243 e. The minimum Gasteiger partial charge on any atom is -0.299 e. The van der Waals surface area contributed by atoms with Gasteiger partial charge in [-0.2, -0.15) is 0 Å². The van der Waals surface area contributed by atoms with Gasteiger partial charge in [0, 0.05) is 25.9 Å². The molecule has 8 heteroatoms. The van der Waals surface area contributed by atoms with Crippen LogP contribution in [0, 0.1) is 0 Å². The number of rotatable bonds is 11. The van der Waals surface area contributed by atoms with Crippen molar-refractivity contribution >= 4 is 5.91 Å². The number of aryl methyl sites for hydroxylation is 1. The van der Waals surface area contributed by atoms with Gasteiger partial charge in [0.15, 0.2) is 5.82 Å². The Bertz CT molecular complexity index is 698. The van der Waals surface area contributed by atoms with E-state index in [4.69, 9.17) is 5.21 Å². The number of carbonyl (C=O) groups is 1. The SMILES string of the molecule is CCCN(CCc1nnnn1C(C)C)Cc1ccc(CCC(=O)NO)cc1. The van der Waals surface area contributed by atoms with Crippen molar-refractivity contribution in [2.75, 3.05) is 13.1 Å². The van der Waals surface area contributed by atoms with Gasteiger partial charge in [-0.1, -0.05) is 31.2 Å². The predicted molar refractivity (Wildman–Crippen MR) is 102 cm³/mol. The van der Waals surface area contributed by atoms with Crippen LogP contribution in [0.5, 0.6) is 0 Å². The summed E-state index contributed by atoms with van der Waals surface area (Å²) in [4.78, 5) is 13.5. The third-order valence-electron chi connectivity index (χ3n) is 4.44. The number of hydroxylamine groups is 1. The second kappa shape index (κ2) is 10.7. The molecule has 0 aliphatic heterocycles. The Morgan fingerprint density at radius 3 is 2.52 bits per heavy atom. The van der Waals surface area contributed by atoms with E-state index in [0.29, 0.717) is 6.42 Å². The van der Waals surface area contributed by atoms with E-state index >= 15 is 0 Å². The second-order valence-corrected chi connectivity index (χ2v) is 7.01. The lowest BCUT2D eigenvalue weighted by Gasteiger charge is -2.22. The topological polar surface area (TPSA) is 96.2 Å². The lowest BCUT2D eigenvalue weighted by atomic mass is 10.1. The molecular formula is C19H30N6O2. The van der Waals surface area contributed by atoms with Gasteiger partial charge in [0.2, 0.25) is 5.91 Å². The van der Waals surface area contributed by atoms with E-state index in [0.717, 1.165) is 43.9 Å². The van der Waals surface area contributed by atoms with E-state index in [1.54, 1.807) is 5.48 Å². The Morgan fingerprint density at radius 1 is 1.19 bits per heavy atom. The molecule has 1 heterocycles. The van der Waals surface area contributed by atoms with Crippen LogP contribution < -0.4 is 5.48 Å². The van der Waals surface area contributed by atoms with E-state index in [-0.39, 0.29) is 18.4 Å². The Kier molecular flexibility index (Phi) is 8.35. The molecule has 0 saturated heterocycles. The van der Waals surface area contributed by atoms with Crippen LogP contribution in [0.3, 0.4) is 0 Å². The smallest absolute Gasteiger partial charge is 0.243 e. The number of aromatic nitrogens is 4. The van der Waals surface area contributed by atoms with Crippen LogP contribution in [0.15, 0.2) is 24.3 Å². The van der Waals surface area contributed by atoms with E-state index < -0.39 is 0 Å². The maximum absolute atomic E-state index is 11.1. The molecule has 0 spiro atoms. The molecule has 2 N–H and O–H groups in total. The zero-order valence-corrected chi connectivity index (χ0v) is 16.4. The lowest BCUT2D eigenvalue weighted by molar-refractivity contribution is -0.129. The van der Waals surface area contributed by atoms with Crippen molar-refractivity contribution in [2.24, 2.45) is 0 Å². The number of amides is 1. The van der Waals surface area contributed by atoms with E-state index in [1.165, 1.54) is 5.56 Å². The molecule has 0 fully saturated rings. The highest BCUT2D eigenvalue weighted by atomic mass is 16.5. The number of nitrogens with one attached hydrogen (secondary N) is 1. The molecule has 0 aliphatic carbocycles. The molecule has 0 saturated carbocycles. The van der Waals surface area contributed by atoms with E-state index in [2.05, 4.69) is 53.3 Å². The molecule has 1 amide bonds. The number of hydrogen-bond acceptors (Lipinski definition) is 6. The van der Waals surface area contributed by atoms with Crippen LogP contribution in [0.25, 0.3) is 0 Å². The third kappa shape index (κ3) is 6.73. The summed E-state index contributed by atoms with van der Waals surface area (Å²) in [7, 11) is 0. The first-order chi connectivity index (χ1) is 13.0. The number of carbonyl (C=O) groups excluding carboxylic acids is 1. The highest BCUT2D eigenvalue weighted by Gasteiger charge is 2.12. The predicted octanol–water partition coefficient (Wildman–Crippen LogP) is 2.15. The van der Waals surface area contributed by atoms with Crippen molar-refractivity contribution in [3.05, 3.63) is 41.2 Å². The molecule has 8 nitrogen and oxygen atoms in total. The standard InChI is InChI=1S/C19H30N6O2/c1-4-12-24(13-11-18-20-22-23-25(18)15(2)3)14-17-7-5-16(6-8-17)9-10-19(26)21-27/h5-8,15,27H,4,9-14H2,1-3H3,(H,21,26). The molecule has 0 radical (unpaired) electrons. The molecule has 0 atom stereocenters. The lowest BCUT2D eigenvalue weighted by Crippen LogP contribution is -2.27. The van der Waals surface area contributed by atoms with Gasteiger partial charge in [-0.15, -0.1) is 5.10 Å². The summed E-state index contributed by atoms with van der Waals surface area (Å²) < 4.78 is 1.88. The monoisotopic (exact) mass is 374 g/mol. The highest BCUT2D eigenvalue weighted by Crippen LogP contribution is 2.11. The third-order valence-corrected chi connectivity index (χ3v) is 4.44. The fourth-order valence-corrected chi connectivity index (χ4v) is 3.01. The molecule has 27 heavy (non-hydrogen) atoms. The molecule has 0 bridgehead atoms. The van der Waals surface area contributed by atoms with Gasteiger partial charge in [-0.05, 0) is 54.8 Å². The summed E-state index contributed by atoms with van der Waals surface area (Å²) in [6.45, 7) is 9.13. The van der Waals surface area contributed by atoms with Gasteiger partial charge in [-0.3, -0.25) is 14.9 Å². The Labute approximate surface area is 160 Å². The van der Waals surface area contributed by atoms with Crippen LogP contribution in [0.4, 0.5) is 0 Å². The van der Waals surface area contributed by atoms with Crippen molar-refractivity contribution in [3.63, 3.8) is 0 Å². The average molecular weight is 374 g/mol. The first-order valence-corrected chi connectivity index (χ1v) is 9.53. The van der Waals surface area contributed by atoms with Gasteiger partial charge in [0.1, 0.15) is 0 Å². The summed E-state index contributed by atoms with van der Waals surface area (Å²) in [5.41, 5.74) is 3.98. The van der Waals surface area contributed by atoms with Gasteiger partial charge < -0.3 is 0 Å². The summed E-state index contributed by atoms with van der Waals surface area (Å²) in [6, 6.07) is 8.56. The van der Waals surface area contributed by atoms with Crippen molar-refractivity contribution in [1.29, 1.82) is 0 Å². The van der Waals surface area contributed by atoms with Crippen molar-refractivity contribution in [3.8, 4) is 0 Å². The number of nitrogens with zero attached hydrogens (tertiary/aromatic N) is 5. The zero-order chi connectivity index (χ0) is 19.6. The van der Waals surface area contributed by atoms with E-state index in [1.807, 2.05) is 16.8 Å². The first-order valence-electron chi connectivity index (χ1n) is 9.53. The van der Waals surface area contributed by atoms with Gasteiger partial charge in [0.25, 0.3) is 0 Å². The van der Waals surface area contributed by atoms with Crippen LogP contribution in [-0.4, -0.2) is 49.3 Å². The second-order valence-electron chi connectivity index (χ2n) is 7.01. The molecule has 0 unspecified atom stereocenters. The summed E-state index contributed by atoms with van der Waals surface area (Å²) in [5.74, 6) is 0.556. The molecule has 1 aromatic carbocycles. The highest BCUT2D eigenvalue weighted by molar-refractivity contribution is 5.74. The molecular weight excluding hydrogens is 344 g/mol. The number of hydrogen-bond donors (Lipinski definition) is 2. The Balaban J connectivity index is 1.91. The average Bonchev–Trinajstić information content (AvgIpc) is 3.14. The Hall–Kier alpha value is -2.32. The molecule has 2 aromatic rings. The number of benzene rings is 1. The van der Waals surface area contributed by atoms with Crippen molar-refractivity contribution in [2.45, 2.75) is 59.0 Å². The van der Waals surface area contributed by atoms with Gasteiger partial charge in [0.05, 0.1) is 6.04 Å². The summed E-state index contributed by atoms with van der Waals surface area (Å²) in [5, 5.41) is 20.6. The number of tetrazole rings is 1.